The minimum atomic E-state index is -0.850. The second-order valence-electron chi connectivity index (χ2n) is 5.16. The second kappa shape index (κ2) is 7.53. The van der Waals surface area contributed by atoms with Gasteiger partial charge >= 0.3 is 5.97 Å². The molecule has 3 aromatic rings. The minimum Gasteiger partial charge on any atom is -0.481 e. The van der Waals surface area contributed by atoms with Crippen LogP contribution < -0.4 is 4.74 Å². The summed E-state index contributed by atoms with van der Waals surface area (Å²) in [5.74, 6) is -0.776. The molecule has 0 aliphatic carbocycles. The number of benzene rings is 1. The lowest BCUT2D eigenvalue weighted by atomic mass is 10.1. The van der Waals surface area contributed by atoms with Crippen molar-refractivity contribution in [1.82, 2.24) is 9.97 Å². The lowest BCUT2D eigenvalue weighted by Crippen LogP contribution is -2.15. The maximum Gasteiger partial charge on any atom is 0.358 e. The van der Waals surface area contributed by atoms with Gasteiger partial charge in [-0.3, -0.25) is 4.98 Å². The minimum absolute atomic E-state index is 0.0942. The molecule has 0 amide bonds. The van der Waals surface area contributed by atoms with Crippen molar-refractivity contribution in [3.63, 3.8) is 0 Å². The molecule has 1 aromatic carbocycles. The van der Waals surface area contributed by atoms with Crippen LogP contribution in [0.25, 0.3) is 0 Å². The van der Waals surface area contributed by atoms with E-state index in [4.69, 9.17) is 9.47 Å². The van der Waals surface area contributed by atoms with Crippen LogP contribution in [0.2, 0.25) is 0 Å². The highest BCUT2D eigenvalue weighted by atomic mass is 19.1. The van der Waals surface area contributed by atoms with Gasteiger partial charge in [-0.1, -0.05) is 24.3 Å². The lowest BCUT2D eigenvalue weighted by Gasteiger charge is -2.18. The van der Waals surface area contributed by atoms with E-state index in [1.807, 2.05) is 0 Å². The van der Waals surface area contributed by atoms with Gasteiger partial charge in [-0.25, -0.2) is 14.2 Å². The van der Waals surface area contributed by atoms with E-state index in [-0.39, 0.29) is 5.69 Å². The number of aromatic nitrogens is 2. The van der Waals surface area contributed by atoms with Crippen molar-refractivity contribution in [2.75, 3.05) is 7.11 Å². The highest BCUT2D eigenvalue weighted by molar-refractivity contribution is 5.87. The molecule has 0 N–H and O–H groups in total. The molecule has 0 spiro atoms. The third-order valence-corrected chi connectivity index (χ3v) is 3.47. The largest absolute Gasteiger partial charge is 0.481 e. The third kappa shape index (κ3) is 3.98. The van der Waals surface area contributed by atoms with Gasteiger partial charge < -0.3 is 9.47 Å². The molecule has 25 heavy (non-hydrogen) atoms. The Balaban J connectivity index is 1.93. The molecule has 1 atom stereocenters. The number of rotatable bonds is 5. The summed E-state index contributed by atoms with van der Waals surface area (Å²) in [5.41, 5.74) is 1.07. The summed E-state index contributed by atoms with van der Waals surface area (Å²) in [6.45, 7) is 0. The summed E-state index contributed by atoms with van der Waals surface area (Å²) >= 11 is 0. The average molecular weight is 338 g/mol. The molecule has 0 saturated carbocycles. The van der Waals surface area contributed by atoms with Gasteiger partial charge in [0.15, 0.2) is 11.8 Å². The first-order chi connectivity index (χ1) is 12.2. The van der Waals surface area contributed by atoms with E-state index >= 15 is 0 Å². The molecule has 3 rings (SSSR count). The van der Waals surface area contributed by atoms with Crippen LogP contribution in [0.4, 0.5) is 4.39 Å². The van der Waals surface area contributed by atoms with Gasteiger partial charge in [0, 0.05) is 17.8 Å². The van der Waals surface area contributed by atoms with E-state index in [0.717, 1.165) is 0 Å². The van der Waals surface area contributed by atoms with Crippen molar-refractivity contribution in [3.05, 3.63) is 89.6 Å². The number of nitrogens with zero attached hydrogens (tertiary/aromatic N) is 2. The Morgan fingerprint density at radius 1 is 1.08 bits per heavy atom. The number of hydrogen-bond donors (Lipinski definition) is 0. The number of methoxy groups -OCH3 is 1. The van der Waals surface area contributed by atoms with Crippen LogP contribution in [0.3, 0.4) is 0 Å². The first-order valence-electron chi connectivity index (χ1n) is 7.56. The predicted octanol–water partition coefficient (Wildman–Crippen LogP) is 3.57. The Morgan fingerprint density at radius 2 is 1.92 bits per heavy atom. The van der Waals surface area contributed by atoms with Gasteiger partial charge in [0.2, 0.25) is 5.88 Å². The van der Waals surface area contributed by atoms with E-state index in [2.05, 4.69) is 9.97 Å². The first-order valence-corrected chi connectivity index (χ1v) is 7.56. The van der Waals surface area contributed by atoms with Crippen LogP contribution in [0.1, 0.15) is 27.8 Å². The number of esters is 1. The zero-order valence-corrected chi connectivity index (χ0v) is 13.4. The first kappa shape index (κ1) is 16.6. The van der Waals surface area contributed by atoms with Crippen LogP contribution in [0.15, 0.2) is 66.9 Å². The summed E-state index contributed by atoms with van der Waals surface area (Å²) < 4.78 is 24.2. The Bertz CT molecular complexity index is 871. The molecule has 0 aliphatic heterocycles. The summed E-state index contributed by atoms with van der Waals surface area (Å²) in [7, 11) is 1.46. The van der Waals surface area contributed by atoms with E-state index in [1.165, 1.54) is 25.3 Å². The molecule has 0 fully saturated rings. The molecule has 0 unspecified atom stereocenters. The number of pyridine rings is 2. The molecule has 2 aromatic heterocycles. The van der Waals surface area contributed by atoms with Crippen molar-refractivity contribution in [3.8, 4) is 5.88 Å². The van der Waals surface area contributed by atoms with Gasteiger partial charge in [0.05, 0.1) is 12.8 Å². The van der Waals surface area contributed by atoms with Crippen LogP contribution >= 0.6 is 0 Å². The summed E-state index contributed by atoms with van der Waals surface area (Å²) in [6.07, 6.45) is 0.733. The summed E-state index contributed by atoms with van der Waals surface area (Å²) in [5, 5.41) is 0. The average Bonchev–Trinajstić information content (AvgIpc) is 2.66. The van der Waals surface area contributed by atoms with E-state index in [0.29, 0.717) is 17.1 Å². The highest BCUT2D eigenvalue weighted by Crippen LogP contribution is 2.26. The SMILES string of the molecule is COc1cccc(C(=O)O[C@@H](c2cccc(F)c2)c2ccccn2)n1. The normalized spacial score (nSPS) is 11.6. The van der Waals surface area contributed by atoms with Crippen molar-refractivity contribution in [2.24, 2.45) is 0 Å². The molecular formula is C19H15FN2O3. The number of halogens is 1. The Kier molecular flexibility index (Phi) is 4.99. The Morgan fingerprint density at radius 3 is 2.64 bits per heavy atom. The van der Waals surface area contributed by atoms with E-state index in [9.17, 15) is 9.18 Å². The molecule has 0 saturated heterocycles. The highest BCUT2D eigenvalue weighted by Gasteiger charge is 2.22. The Hall–Kier alpha value is -3.28. The maximum absolute atomic E-state index is 13.6. The van der Waals surface area contributed by atoms with Crippen molar-refractivity contribution >= 4 is 5.97 Å². The topological polar surface area (TPSA) is 61.3 Å². The predicted molar refractivity (Wildman–Crippen MR) is 88.7 cm³/mol. The molecule has 5 nitrogen and oxygen atoms in total. The molecule has 0 bridgehead atoms. The zero-order valence-electron chi connectivity index (χ0n) is 13.4. The van der Waals surface area contributed by atoms with Gasteiger partial charge in [0.1, 0.15) is 5.82 Å². The maximum atomic E-state index is 13.6. The molecule has 0 aliphatic rings. The van der Waals surface area contributed by atoms with Gasteiger partial charge in [-0.05, 0) is 30.3 Å². The fourth-order valence-corrected chi connectivity index (χ4v) is 2.31. The molecule has 6 heteroatoms. The van der Waals surface area contributed by atoms with Crippen LogP contribution in [0.5, 0.6) is 5.88 Å². The monoisotopic (exact) mass is 338 g/mol. The van der Waals surface area contributed by atoms with E-state index < -0.39 is 17.9 Å². The summed E-state index contributed by atoms with van der Waals surface area (Å²) in [4.78, 5) is 20.8. The summed E-state index contributed by atoms with van der Waals surface area (Å²) in [6, 6.07) is 15.9. The van der Waals surface area contributed by atoms with Crippen molar-refractivity contribution in [2.45, 2.75) is 6.10 Å². The van der Waals surface area contributed by atoms with Crippen molar-refractivity contribution in [1.29, 1.82) is 0 Å². The van der Waals surface area contributed by atoms with Crippen molar-refractivity contribution < 1.29 is 18.7 Å². The van der Waals surface area contributed by atoms with Crippen LogP contribution in [0, 0.1) is 5.82 Å². The van der Waals surface area contributed by atoms with E-state index in [1.54, 1.807) is 48.7 Å². The standard InChI is InChI=1S/C19H15FN2O3/c1-24-17-10-5-9-16(22-17)19(23)25-18(15-8-2-3-11-21-15)13-6-4-7-14(20)12-13/h2-12,18H,1H3/t18-/m0/s1. The van der Waals surface area contributed by atoms with Crippen LogP contribution in [-0.2, 0) is 4.74 Å². The molecular weight excluding hydrogens is 323 g/mol. The van der Waals surface area contributed by atoms with Gasteiger partial charge in [-0.15, -0.1) is 0 Å². The fourth-order valence-electron chi connectivity index (χ4n) is 2.31. The quantitative estimate of drug-likeness (QED) is 0.666. The van der Waals surface area contributed by atoms with Gasteiger partial charge in [0.25, 0.3) is 0 Å². The molecule has 126 valence electrons. The molecule has 2 heterocycles. The number of hydrogen-bond acceptors (Lipinski definition) is 5. The zero-order chi connectivity index (χ0) is 17.6. The van der Waals surface area contributed by atoms with Crippen LogP contribution in [-0.4, -0.2) is 23.0 Å². The number of carbonyl (C=O) groups excluding carboxylic acids is 1. The number of carbonyl (C=O) groups is 1. The molecule has 0 radical (unpaired) electrons. The third-order valence-electron chi connectivity index (χ3n) is 3.47. The fraction of sp³-hybridized carbons (Fsp3) is 0.105. The second-order valence-corrected chi connectivity index (χ2v) is 5.16. The number of ether oxygens (including phenoxy) is 2. The Labute approximate surface area is 144 Å². The van der Waals surface area contributed by atoms with Gasteiger partial charge in [-0.2, -0.15) is 0 Å². The lowest BCUT2D eigenvalue weighted by molar-refractivity contribution is 0.0362. The smallest absolute Gasteiger partial charge is 0.358 e.